The summed E-state index contributed by atoms with van der Waals surface area (Å²) in [7, 11) is 0. The first-order valence-electron chi connectivity index (χ1n) is 17.4. The fraction of sp³-hybridized carbons (Fsp3) is 0.879. The summed E-state index contributed by atoms with van der Waals surface area (Å²) in [5.41, 5.74) is 10.8. The van der Waals surface area contributed by atoms with Crippen molar-refractivity contribution in [3.05, 3.63) is 0 Å². The van der Waals surface area contributed by atoms with Gasteiger partial charge in [0.2, 0.25) is 17.7 Å². The number of aliphatic imine (C=N–C) groups is 1. The lowest BCUT2D eigenvalue weighted by Gasteiger charge is -2.19. The highest BCUT2D eigenvalue weighted by atomic mass is 16.2. The molecule has 3 atom stereocenters. The molecule has 0 aliphatic carbocycles. The summed E-state index contributed by atoms with van der Waals surface area (Å²) in [6.45, 7) is 14.2. The smallest absolute Gasteiger partial charge is 0.242 e. The van der Waals surface area contributed by atoms with Gasteiger partial charge in [0.15, 0.2) is 5.96 Å². The van der Waals surface area contributed by atoms with Crippen LogP contribution >= 0.6 is 0 Å². The third kappa shape index (κ3) is 27.2. The molecule has 11 heteroatoms. The molecule has 0 aliphatic heterocycles. The van der Waals surface area contributed by atoms with Gasteiger partial charge in [-0.1, -0.05) is 59.8 Å². The normalized spacial score (nSPS) is 13.2. The summed E-state index contributed by atoms with van der Waals surface area (Å²) in [6, 6.07) is 0.194. The van der Waals surface area contributed by atoms with E-state index in [9.17, 15) is 14.4 Å². The van der Waals surface area contributed by atoms with Crippen molar-refractivity contribution in [3.63, 3.8) is 0 Å². The molecule has 0 saturated heterocycles. The molecular formula is C33H68N8O3. The average Bonchev–Trinajstić information content (AvgIpc) is 2.96. The van der Waals surface area contributed by atoms with Crippen molar-refractivity contribution in [1.29, 1.82) is 0 Å². The summed E-state index contributed by atoms with van der Waals surface area (Å²) >= 11 is 0. The van der Waals surface area contributed by atoms with E-state index >= 15 is 0 Å². The Balaban J connectivity index is 4.09. The molecule has 2 unspecified atom stereocenters. The highest BCUT2D eigenvalue weighted by Crippen LogP contribution is 2.15. The van der Waals surface area contributed by atoms with E-state index in [1.54, 1.807) is 0 Å². The predicted octanol–water partition coefficient (Wildman–Crippen LogP) is 3.46. The van der Waals surface area contributed by atoms with E-state index in [1.165, 1.54) is 19.3 Å². The van der Waals surface area contributed by atoms with Crippen LogP contribution in [0.5, 0.6) is 0 Å². The van der Waals surface area contributed by atoms with E-state index in [1.807, 2.05) is 13.8 Å². The molecule has 258 valence electrons. The minimum Gasteiger partial charge on any atom is -0.370 e. The Morgan fingerprint density at radius 1 is 0.659 bits per heavy atom. The lowest BCUT2D eigenvalue weighted by Crippen LogP contribution is -2.47. The Kier molecular flexibility index (Phi) is 26.6. The third-order valence-electron chi connectivity index (χ3n) is 7.69. The van der Waals surface area contributed by atoms with Crippen molar-refractivity contribution in [3.8, 4) is 0 Å². The van der Waals surface area contributed by atoms with E-state index in [0.29, 0.717) is 63.3 Å². The lowest BCUT2D eigenvalue weighted by molar-refractivity contribution is -0.129. The second kappa shape index (κ2) is 28.1. The molecule has 0 saturated carbocycles. The first-order valence-corrected chi connectivity index (χ1v) is 17.4. The van der Waals surface area contributed by atoms with E-state index in [4.69, 9.17) is 11.5 Å². The SMILES string of the molecule is CCCCCNC(=O)CCCCCNC(C)CCC(C)CCCCNC(=O)[C@@H](CCCN=C(N)N)NC(=O)CCNC(C)C. The zero-order valence-corrected chi connectivity index (χ0v) is 28.8. The van der Waals surface area contributed by atoms with Gasteiger partial charge in [-0.2, -0.15) is 0 Å². The van der Waals surface area contributed by atoms with E-state index in [-0.39, 0.29) is 23.7 Å². The number of hydrogen-bond acceptors (Lipinski definition) is 6. The molecule has 0 aromatic rings. The summed E-state index contributed by atoms with van der Waals surface area (Å²) in [4.78, 5) is 41.0. The summed E-state index contributed by atoms with van der Waals surface area (Å²) < 4.78 is 0. The van der Waals surface area contributed by atoms with Crippen LogP contribution in [0.4, 0.5) is 0 Å². The van der Waals surface area contributed by atoms with Gasteiger partial charge in [0.05, 0.1) is 0 Å². The predicted molar refractivity (Wildman–Crippen MR) is 183 cm³/mol. The molecule has 0 aliphatic rings. The minimum atomic E-state index is -0.594. The number of unbranched alkanes of at least 4 members (excludes halogenated alkanes) is 5. The monoisotopic (exact) mass is 625 g/mol. The van der Waals surface area contributed by atoms with E-state index in [2.05, 4.69) is 52.3 Å². The zero-order valence-electron chi connectivity index (χ0n) is 28.8. The molecule has 0 heterocycles. The molecule has 0 aromatic carbocycles. The molecule has 0 rings (SSSR count). The number of guanidine groups is 1. The van der Waals surface area contributed by atoms with Gasteiger partial charge >= 0.3 is 0 Å². The molecule has 11 nitrogen and oxygen atoms in total. The van der Waals surface area contributed by atoms with Gasteiger partial charge in [0, 0.05) is 51.1 Å². The van der Waals surface area contributed by atoms with Crippen LogP contribution in [-0.4, -0.2) is 74.5 Å². The Hall–Kier alpha value is -2.40. The van der Waals surface area contributed by atoms with Crippen LogP contribution < -0.4 is 38.1 Å². The number of nitrogens with one attached hydrogen (secondary N) is 5. The Morgan fingerprint density at radius 2 is 1.36 bits per heavy atom. The average molecular weight is 625 g/mol. The lowest BCUT2D eigenvalue weighted by atomic mass is 9.96. The van der Waals surface area contributed by atoms with Gasteiger partial charge in [-0.05, 0) is 70.8 Å². The summed E-state index contributed by atoms with van der Waals surface area (Å²) in [5.74, 6) is 0.548. The van der Waals surface area contributed by atoms with Gasteiger partial charge < -0.3 is 38.1 Å². The highest BCUT2D eigenvalue weighted by Gasteiger charge is 2.20. The number of nitrogens with zero attached hydrogens (tertiary/aromatic N) is 1. The quantitative estimate of drug-likeness (QED) is 0.0379. The second-order valence-electron chi connectivity index (χ2n) is 12.6. The number of carbonyl (C=O) groups excluding carboxylic acids is 3. The van der Waals surface area contributed by atoms with Crippen molar-refractivity contribution in [1.82, 2.24) is 26.6 Å². The van der Waals surface area contributed by atoms with Crippen LogP contribution in [0.25, 0.3) is 0 Å². The van der Waals surface area contributed by atoms with Crippen molar-refractivity contribution in [2.75, 3.05) is 32.7 Å². The number of hydrogen-bond donors (Lipinski definition) is 7. The fourth-order valence-electron chi connectivity index (χ4n) is 4.87. The van der Waals surface area contributed by atoms with Gasteiger partial charge in [0.1, 0.15) is 6.04 Å². The minimum absolute atomic E-state index is 0.0249. The van der Waals surface area contributed by atoms with Crippen molar-refractivity contribution in [2.24, 2.45) is 22.4 Å². The summed E-state index contributed by atoms with van der Waals surface area (Å²) in [5, 5.41) is 15.7. The number of amides is 3. The van der Waals surface area contributed by atoms with Gasteiger partial charge in [-0.3, -0.25) is 19.4 Å². The van der Waals surface area contributed by atoms with E-state index in [0.717, 1.165) is 64.5 Å². The number of rotatable bonds is 29. The molecular weight excluding hydrogens is 556 g/mol. The maximum atomic E-state index is 12.8. The fourth-order valence-corrected chi connectivity index (χ4v) is 4.87. The van der Waals surface area contributed by atoms with Crippen LogP contribution in [0.1, 0.15) is 131 Å². The molecule has 0 aromatic heterocycles. The first-order chi connectivity index (χ1) is 21.0. The molecule has 0 bridgehead atoms. The third-order valence-corrected chi connectivity index (χ3v) is 7.69. The van der Waals surface area contributed by atoms with Gasteiger partial charge in [-0.15, -0.1) is 0 Å². The zero-order chi connectivity index (χ0) is 33.0. The Labute approximate surface area is 268 Å². The van der Waals surface area contributed by atoms with Crippen LogP contribution in [0.3, 0.4) is 0 Å². The van der Waals surface area contributed by atoms with Gasteiger partial charge in [0.25, 0.3) is 0 Å². The maximum Gasteiger partial charge on any atom is 0.242 e. The van der Waals surface area contributed by atoms with Crippen molar-refractivity contribution >= 4 is 23.7 Å². The Bertz CT molecular complexity index is 774. The number of carbonyl (C=O) groups is 3. The van der Waals surface area contributed by atoms with Crippen LogP contribution in [-0.2, 0) is 14.4 Å². The van der Waals surface area contributed by atoms with Crippen LogP contribution in [0.15, 0.2) is 4.99 Å². The molecule has 0 radical (unpaired) electrons. The maximum absolute atomic E-state index is 12.8. The summed E-state index contributed by atoms with van der Waals surface area (Å²) in [6.07, 6.45) is 14.0. The highest BCUT2D eigenvalue weighted by molar-refractivity contribution is 5.87. The number of nitrogens with two attached hydrogens (primary N) is 2. The van der Waals surface area contributed by atoms with Crippen LogP contribution in [0.2, 0.25) is 0 Å². The molecule has 9 N–H and O–H groups in total. The molecule has 44 heavy (non-hydrogen) atoms. The van der Waals surface area contributed by atoms with E-state index < -0.39 is 6.04 Å². The second-order valence-corrected chi connectivity index (χ2v) is 12.6. The topological polar surface area (TPSA) is 176 Å². The Morgan fingerprint density at radius 3 is 2.07 bits per heavy atom. The van der Waals surface area contributed by atoms with Crippen LogP contribution in [0, 0.1) is 5.92 Å². The first kappa shape index (κ1) is 41.6. The molecule has 3 amide bonds. The molecule has 0 spiro atoms. The van der Waals surface area contributed by atoms with Gasteiger partial charge in [-0.25, -0.2) is 0 Å². The van der Waals surface area contributed by atoms with Crippen molar-refractivity contribution in [2.45, 2.75) is 149 Å². The molecule has 0 fully saturated rings. The largest absolute Gasteiger partial charge is 0.370 e. The standard InChI is InChI=1S/C33H68N8O3/c1-6-7-11-22-38-30(42)17-9-8-12-21-37-28(5)19-18-27(4)15-10-13-23-39-32(44)29(16-14-24-40-33(34)35)41-31(43)20-25-36-26(2)3/h26-29,36-37H,6-25H2,1-5H3,(H,38,42)(H,39,44)(H,41,43)(H4,34,35,40)/t27?,28?,29-/m1/s1. The van der Waals surface area contributed by atoms with Crippen molar-refractivity contribution < 1.29 is 14.4 Å².